The molecule has 0 saturated carbocycles. The summed E-state index contributed by atoms with van der Waals surface area (Å²) in [5.41, 5.74) is 0.655. The molecule has 0 amide bonds. The lowest BCUT2D eigenvalue weighted by atomic mass is 9.95. The van der Waals surface area contributed by atoms with Gasteiger partial charge in [-0.2, -0.15) is 0 Å². The van der Waals surface area contributed by atoms with Crippen molar-refractivity contribution in [3.05, 3.63) is 34.3 Å². The molecule has 4 N–H and O–H groups in total. The molecular formula is C12H15ClO5. The van der Waals surface area contributed by atoms with Gasteiger partial charge in [-0.25, -0.2) is 0 Å². The number of aliphatic hydroxyl groups is 3. The van der Waals surface area contributed by atoms with Crippen LogP contribution in [0.15, 0.2) is 18.2 Å². The highest BCUT2D eigenvalue weighted by atomic mass is 35.5. The summed E-state index contributed by atoms with van der Waals surface area (Å²) < 4.78 is 0. The highest BCUT2D eigenvalue weighted by Gasteiger charge is 2.21. The predicted octanol–water partition coefficient (Wildman–Crippen LogP) is 0.744. The van der Waals surface area contributed by atoms with Crippen molar-refractivity contribution in [3.8, 4) is 0 Å². The maximum atomic E-state index is 10.7. The van der Waals surface area contributed by atoms with Gasteiger partial charge in [-0.05, 0) is 29.7 Å². The number of benzene rings is 1. The van der Waals surface area contributed by atoms with Crippen LogP contribution in [0.5, 0.6) is 0 Å². The molecule has 0 saturated heterocycles. The first-order valence-electron chi connectivity index (χ1n) is 5.42. The van der Waals surface area contributed by atoms with Crippen molar-refractivity contribution in [3.63, 3.8) is 0 Å². The molecular weight excluding hydrogens is 260 g/mol. The first-order chi connectivity index (χ1) is 8.45. The van der Waals surface area contributed by atoms with Crippen LogP contribution in [-0.4, -0.2) is 39.1 Å². The van der Waals surface area contributed by atoms with E-state index in [-0.39, 0.29) is 25.0 Å². The molecule has 1 rings (SSSR count). The van der Waals surface area contributed by atoms with Crippen molar-refractivity contribution >= 4 is 17.6 Å². The highest BCUT2D eigenvalue weighted by molar-refractivity contribution is 6.30. The summed E-state index contributed by atoms with van der Waals surface area (Å²) >= 11 is 5.79. The summed E-state index contributed by atoms with van der Waals surface area (Å²) in [6.07, 6.45) is -2.71. The topological polar surface area (TPSA) is 98.0 Å². The van der Waals surface area contributed by atoms with Gasteiger partial charge in [0.1, 0.15) is 6.10 Å². The summed E-state index contributed by atoms with van der Waals surface area (Å²) in [7, 11) is 0. The molecule has 2 unspecified atom stereocenters. The Bertz CT molecular complexity index is 421. The molecule has 1 aromatic carbocycles. The lowest BCUT2D eigenvalue weighted by molar-refractivity contribution is -0.136. The second-order valence-corrected chi connectivity index (χ2v) is 4.37. The van der Waals surface area contributed by atoms with Crippen molar-refractivity contribution in [1.82, 2.24) is 0 Å². The fourth-order valence-corrected chi connectivity index (χ4v) is 1.84. The number of aliphatic carboxylic acids is 1. The zero-order chi connectivity index (χ0) is 13.7. The minimum atomic E-state index is -1.27. The van der Waals surface area contributed by atoms with Crippen LogP contribution in [0.25, 0.3) is 0 Å². The molecule has 2 atom stereocenters. The maximum absolute atomic E-state index is 10.7. The number of aliphatic hydroxyl groups excluding tert-OH is 3. The van der Waals surface area contributed by atoms with Crippen LogP contribution in [0, 0.1) is 0 Å². The van der Waals surface area contributed by atoms with Crippen molar-refractivity contribution in [2.24, 2.45) is 0 Å². The third kappa shape index (κ3) is 3.96. The normalized spacial score (nSPS) is 14.2. The zero-order valence-electron chi connectivity index (χ0n) is 9.58. The van der Waals surface area contributed by atoms with Crippen molar-refractivity contribution in [2.75, 3.05) is 6.61 Å². The Kier molecular flexibility index (Phi) is 5.55. The van der Waals surface area contributed by atoms with Crippen molar-refractivity contribution in [1.29, 1.82) is 0 Å². The van der Waals surface area contributed by atoms with Crippen LogP contribution >= 0.6 is 11.6 Å². The van der Waals surface area contributed by atoms with E-state index in [9.17, 15) is 15.0 Å². The molecule has 0 heterocycles. The number of rotatable bonds is 6. The highest BCUT2D eigenvalue weighted by Crippen LogP contribution is 2.26. The molecule has 0 radical (unpaired) electrons. The summed E-state index contributed by atoms with van der Waals surface area (Å²) in [6.45, 7) is -0.271. The Morgan fingerprint density at radius 2 is 2.00 bits per heavy atom. The molecule has 100 valence electrons. The van der Waals surface area contributed by atoms with E-state index in [2.05, 4.69) is 0 Å². The second-order valence-electron chi connectivity index (χ2n) is 3.94. The maximum Gasteiger partial charge on any atom is 0.307 e. The number of hydrogen-bond donors (Lipinski definition) is 4. The first kappa shape index (κ1) is 14.9. The molecule has 0 spiro atoms. The molecule has 0 aromatic heterocycles. The van der Waals surface area contributed by atoms with Crippen LogP contribution in [0.4, 0.5) is 0 Å². The standard InChI is InChI=1S/C12H15ClO5/c13-8-2-1-7(5-11(16)17)9(6-8)12(18)10(15)3-4-14/h1-2,6,10,12,14-15,18H,3-5H2,(H,16,17). The van der Waals surface area contributed by atoms with E-state index in [1.807, 2.05) is 0 Å². The van der Waals surface area contributed by atoms with Gasteiger partial charge in [0.15, 0.2) is 0 Å². The van der Waals surface area contributed by atoms with Crippen LogP contribution in [-0.2, 0) is 11.2 Å². The van der Waals surface area contributed by atoms with E-state index in [1.165, 1.54) is 18.2 Å². The molecule has 0 aliphatic heterocycles. The zero-order valence-corrected chi connectivity index (χ0v) is 10.3. The van der Waals surface area contributed by atoms with Gasteiger partial charge in [-0.1, -0.05) is 17.7 Å². The monoisotopic (exact) mass is 274 g/mol. The van der Waals surface area contributed by atoms with Crippen LogP contribution in [0.2, 0.25) is 5.02 Å². The van der Waals surface area contributed by atoms with Gasteiger partial charge in [0.05, 0.1) is 12.5 Å². The summed E-state index contributed by atoms with van der Waals surface area (Å²) in [6, 6.07) is 4.44. The third-order valence-electron chi connectivity index (χ3n) is 2.56. The summed E-state index contributed by atoms with van der Waals surface area (Å²) in [4.78, 5) is 10.7. The van der Waals surface area contributed by atoms with Gasteiger partial charge < -0.3 is 20.4 Å². The van der Waals surface area contributed by atoms with Crippen molar-refractivity contribution < 1.29 is 25.2 Å². The lowest BCUT2D eigenvalue weighted by Gasteiger charge is -2.20. The molecule has 0 fully saturated rings. The lowest BCUT2D eigenvalue weighted by Crippen LogP contribution is -2.21. The van der Waals surface area contributed by atoms with E-state index >= 15 is 0 Å². The summed E-state index contributed by atoms with van der Waals surface area (Å²) in [5.74, 6) is -1.04. The van der Waals surface area contributed by atoms with Gasteiger partial charge in [-0.3, -0.25) is 4.79 Å². The van der Waals surface area contributed by atoms with Crippen LogP contribution in [0.1, 0.15) is 23.7 Å². The second kappa shape index (κ2) is 6.70. The van der Waals surface area contributed by atoms with E-state index in [0.29, 0.717) is 10.6 Å². The number of halogens is 1. The van der Waals surface area contributed by atoms with Gasteiger partial charge >= 0.3 is 5.97 Å². The van der Waals surface area contributed by atoms with Gasteiger partial charge in [0.2, 0.25) is 0 Å². The molecule has 0 aliphatic rings. The largest absolute Gasteiger partial charge is 0.481 e. The fraction of sp³-hybridized carbons (Fsp3) is 0.417. The van der Waals surface area contributed by atoms with Crippen molar-refractivity contribution in [2.45, 2.75) is 25.0 Å². The quantitative estimate of drug-likeness (QED) is 0.613. The number of carboxylic acid groups (broad SMARTS) is 1. The molecule has 5 nitrogen and oxygen atoms in total. The Labute approximate surface area is 109 Å². The SMILES string of the molecule is O=C(O)Cc1ccc(Cl)cc1C(O)C(O)CCO. The number of hydrogen-bond acceptors (Lipinski definition) is 4. The molecule has 18 heavy (non-hydrogen) atoms. The van der Waals surface area contributed by atoms with E-state index in [4.69, 9.17) is 21.8 Å². The van der Waals surface area contributed by atoms with Crippen LogP contribution < -0.4 is 0 Å². The van der Waals surface area contributed by atoms with Gasteiger partial charge in [0.25, 0.3) is 0 Å². The van der Waals surface area contributed by atoms with E-state index < -0.39 is 18.2 Å². The van der Waals surface area contributed by atoms with E-state index in [1.54, 1.807) is 0 Å². The molecule has 6 heteroatoms. The van der Waals surface area contributed by atoms with Crippen LogP contribution in [0.3, 0.4) is 0 Å². The average molecular weight is 275 g/mol. The Balaban J connectivity index is 3.03. The molecule has 0 bridgehead atoms. The van der Waals surface area contributed by atoms with Gasteiger partial charge in [0, 0.05) is 11.6 Å². The van der Waals surface area contributed by atoms with E-state index in [0.717, 1.165) is 0 Å². The summed E-state index contributed by atoms with van der Waals surface area (Å²) in [5, 5.41) is 37.4. The smallest absolute Gasteiger partial charge is 0.307 e. The Hall–Kier alpha value is -1.14. The predicted molar refractivity (Wildman–Crippen MR) is 65.5 cm³/mol. The molecule has 1 aromatic rings. The number of carbonyl (C=O) groups is 1. The third-order valence-corrected chi connectivity index (χ3v) is 2.79. The average Bonchev–Trinajstić information content (AvgIpc) is 2.30. The Morgan fingerprint density at radius 1 is 1.33 bits per heavy atom. The molecule has 0 aliphatic carbocycles. The number of carboxylic acids is 1. The minimum absolute atomic E-state index is 0.000190. The Morgan fingerprint density at radius 3 is 2.56 bits per heavy atom. The van der Waals surface area contributed by atoms with Gasteiger partial charge in [-0.15, -0.1) is 0 Å². The first-order valence-corrected chi connectivity index (χ1v) is 5.80. The fourth-order valence-electron chi connectivity index (χ4n) is 1.66. The minimum Gasteiger partial charge on any atom is -0.481 e.